The molecule has 0 bridgehead atoms. The SMILES string of the molecule is CC(=O)Oc1ccc(C(ON=C([C]=O)c2csc(N)n2)C(=O)O)cc1OC(C)=O. The quantitative estimate of drug-likeness (QED) is 0.274. The molecule has 1 aromatic heterocycles. The number of carboxylic acids is 1. The molecule has 0 saturated carbocycles. The summed E-state index contributed by atoms with van der Waals surface area (Å²) >= 11 is 1.04. The minimum atomic E-state index is -1.69. The zero-order valence-corrected chi connectivity index (χ0v) is 15.9. The second kappa shape index (κ2) is 9.41. The summed E-state index contributed by atoms with van der Waals surface area (Å²) in [5, 5.41) is 14.5. The van der Waals surface area contributed by atoms with Crippen LogP contribution in [0.3, 0.4) is 0 Å². The summed E-state index contributed by atoms with van der Waals surface area (Å²) in [7, 11) is 0. The van der Waals surface area contributed by atoms with Crippen molar-refractivity contribution in [2.24, 2.45) is 5.16 Å². The third-order valence-corrected chi connectivity index (χ3v) is 3.79. The van der Waals surface area contributed by atoms with Crippen molar-refractivity contribution in [1.29, 1.82) is 0 Å². The molecule has 1 unspecified atom stereocenters. The number of aliphatic carboxylic acids is 1. The number of oxime groups is 1. The van der Waals surface area contributed by atoms with Crippen molar-refractivity contribution in [2.45, 2.75) is 20.0 Å². The van der Waals surface area contributed by atoms with Crippen LogP contribution >= 0.6 is 11.3 Å². The number of carboxylic acid groups (broad SMARTS) is 1. The van der Waals surface area contributed by atoms with Gasteiger partial charge in [0.2, 0.25) is 6.10 Å². The minimum Gasteiger partial charge on any atom is -0.478 e. The predicted octanol–water partition coefficient (Wildman–Crippen LogP) is 1.23. The zero-order chi connectivity index (χ0) is 21.6. The smallest absolute Gasteiger partial charge is 0.352 e. The molecule has 29 heavy (non-hydrogen) atoms. The Morgan fingerprint density at radius 2 is 1.86 bits per heavy atom. The Morgan fingerprint density at radius 3 is 2.38 bits per heavy atom. The van der Waals surface area contributed by atoms with Crippen LogP contribution in [-0.2, 0) is 24.0 Å². The molecule has 0 saturated heterocycles. The first kappa shape index (κ1) is 21.5. The van der Waals surface area contributed by atoms with Gasteiger partial charge in [0.1, 0.15) is 5.69 Å². The number of nitrogens with zero attached hydrogens (tertiary/aromatic N) is 2. The van der Waals surface area contributed by atoms with E-state index in [1.165, 1.54) is 23.8 Å². The van der Waals surface area contributed by atoms with E-state index in [0.717, 1.165) is 31.3 Å². The topological polar surface area (TPSA) is 167 Å². The third kappa shape index (κ3) is 5.84. The monoisotopic (exact) mass is 420 g/mol. The number of hydrogen-bond donors (Lipinski definition) is 2. The summed E-state index contributed by atoms with van der Waals surface area (Å²) in [6.45, 7) is 2.26. The number of thiazole rings is 1. The van der Waals surface area contributed by atoms with Crippen LogP contribution in [0.25, 0.3) is 0 Å². The molecular formula is C17H14N3O8S. The average molecular weight is 420 g/mol. The number of nitrogens with two attached hydrogens (primary N) is 1. The van der Waals surface area contributed by atoms with E-state index in [9.17, 15) is 24.3 Å². The van der Waals surface area contributed by atoms with E-state index < -0.39 is 24.0 Å². The Morgan fingerprint density at radius 1 is 1.21 bits per heavy atom. The lowest BCUT2D eigenvalue weighted by molar-refractivity contribution is -0.150. The summed E-state index contributed by atoms with van der Waals surface area (Å²) < 4.78 is 9.87. The molecule has 0 spiro atoms. The Hall–Kier alpha value is -3.80. The van der Waals surface area contributed by atoms with Crippen LogP contribution in [0.4, 0.5) is 5.13 Å². The fourth-order valence-corrected chi connectivity index (χ4v) is 2.58. The molecule has 0 fully saturated rings. The highest BCUT2D eigenvalue weighted by molar-refractivity contribution is 7.13. The van der Waals surface area contributed by atoms with Crippen molar-refractivity contribution in [3.05, 3.63) is 34.8 Å². The van der Waals surface area contributed by atoms with E-state index in [1.807, 2.05) is 0 Å². The first-order valence-electron chi connectivity index (χ1n) is 7.78. The van der Waals surface area contributed by atoms with Gasteiger partial charge in [0.15, 0.2) is 22.3 Å². The molecule has 0 amide bonds. The highest BCUT2D eigenvalue weighted by Crippen LogP contribution is 2.32. The Balaban J connectivity index is 2.37. The van der Waals surface area contributed by atoms with E-state index >= 15 is 0 Å². The van der Waals surface area contributed by atoms with Crippen LogP contribution < -0.4 is 15.2 Å². The maximum Gasteiger partial charge on any atom is 0.352 e. The van der Waals surface area contributed by atoms with E-state index in [4.69, 9.17) is 20.0 Å². The first-order valence-corrected chi connectivity index (χ1v) is 8.66. The molecule has 0 aliphatic heterocycles. The van der Waals surface area contributed by atoms with E-state index in [0.29, 0.717) is 0 Å². The van der Waals surface area contributed by atoms with Gasteiger partial charge in [-0.15, -0.1) is 11.3 Å². The number of esters is 2. The van der Waals surface area contributed by atoms with Crippen LogP contribution in [0.2, 0.25) is 0 Å². The van der Waals surface area contributed by atoms with Gasteiger partial charge in [-0.25, -0.2) is 9.78 Å². The van der Waals surface area contributed by atoms with Crippen LogP contribution in [0.15, 0.2) is 28.7 Å². The highest BCUT2D eigenvalue weighted by Gasteiger charge is 2.25. The molecular weight excluding hydrogens is 406 g/mol. The number of anilines is 1. The summed E-state index contributed by atoms with van der Waals surface area (Å²) in [5.41, 5.74) is 5.16. The third-order valence-electron chi connectivity index (χ3n) is 3.11. The summed E-state index contributed by atoms with van der Waals surface area (Å²) in [6, 6.07) is 3.63. The number of rotatable bonds is 8. The van der Waals surface area contributed by atoms with E-state index in [1.54, 1.807) is 0 Å². The van der Waals surface area contributed by atoms with Gasteiger partial charge in [-0.05, 0) is 12.1 Å². The van der Waals surface area contributed by atoms with Crippen molar-refractivity contribution >= 4 is 46.4 Å². The first-order chi connectivity index (χ1) is 13.7. The highest BCUT2D eigenvalue weighted by atomic mass is 32.1. The molecule has 0 aliphatic carbocycles. The van der Waals surface area contributed by atoms with Crippen molar-refractivity contribution in [3.8, 4) is 11.5 Å². The Kier molecular flexibility index (Phi) is 6.98. The Bertz CT molecular complexity index is 985. The van der Waals surface area contributed by atoms with Gasteiger partial charge in [-0.2, -0.15) is 0 Å². The maximum atomic E-state index is 11.6. The second-order valence-corrected chi connectivity index (χ2v) is 6.22. The summed E-state index contributed by atoms with van der Waals surface area (Å²) in [5.74, 6) is -3.14. The van der Waals surface area contributed by atoms with Gasteiger partial charge in [0, 0.05) is 24.8 Å². The molecule has 2 aromatic rings. The van der Waals surface area contributed by atoms with Gasteiger partial charge >= 0.3 is 17.9 Å². The number of nitrogen functional groups attached to an aromatic ring is 1. The molecule has 151 valence electrons. The van der Waals surface area contributed by atoms with E-state index in [-0.39, 0.29) is 33.6 Å². The second-order valence-electron chi connectivity index (χ2n) is 5.33. The van der Waals surface area contributed by atoms with Crippen LogP contribution in [0.1, 0.15) is 31.2 Å². The lowest BCUT2D eigenvalue weighted by Crippen LogP contribution is -2.16. The summed E-state index contributed by atoms with van der Waals surface area (Å²) in [4.78, 5) is 54.0. The Labute approximate surface area is 167 Å². The van der Waals surface area contributed by atoms with Gasteiger partial charge < -0.3 is 25.2 Å². The fourth-order valence-electron chi connectivity index (χ4n) is 2.03. The van der Waals surface area contributed by atoms with E-state index in [2.05, 4.69) is 10.1 Å². The van der Waals surface area contributed by atoms with Gasteiger partial charge in [0.25, 0.3) is 6.29 Å². The number of aromatic nitrogens is 1. The molecule has 1 heterocycles. The van der Waals surface area contributed by atoms with Crippen molar-refractivity contribution in [1.82, 2.24) is 4.98 Å². The number of ether oxygens (including phenoxy) is 2. The number of hydrogen-bond acceptors (Lipinski definition) is 11. The zero-order valence-electron chi connectivity index (χ0n) is 15.1. The summed E-state index contributed by atoms with van der Waals surface area (Å²) in [6.07, 6.45) is -0.196. The maximum absolute atomic E-state index is 11.6. The van der Waals surface area contributed by atoms with Crippen LogP contribution in [0, 0.1) is 0 Å². The van der Waals surface area contributed by atoms with Crippen LogP contribution in [0.5, 0.6) is 11.5 Å². The van der Waals surface area contributed by atoms with Gasteiger partial charge in [-0.1, -0.05) is 11.2 Å². The lowest BCUT2D eigenvalue weighted by atomic mass is 10.1. The molecule has 1 radical (unpaired) electrons. The molecule has 0 aliphatic rings. The van der Waals surface area contributed by atoms with Crippen molar-refractivity contribution in [2.75, 3.05) is 5.73 Å². The number of carbonyl (C=O) groups is 3. The predicted molar refractivity (Wildman–Crippen MR) is 99.3 cm³/mol. The molecule has 2 rings (SSSR count). The number of carbonyl (C=O) groups excluding carboxylic acids is 3. The lowest BCUT2D eigenvalue weighted by Gasteiger charge is -2.14. The molecule has 11 nitrogen and oxygen atoms in total. The fraction of sp³-hybridized carbons (Fsp3) is 0.176. The molecule has 12 heteroatoms. The molecule has 3 N–H and O–H groups in total. The van der Waals surface area contributed by atoms with Gasteiger partial charge in [0.05, 0.1) is 0 Å². The molecule has 1 aromatic carbocycles. The molecule has 1 atom stereocenters. The normalized spacial score (nSPS) is 12.0. The number of benzene rings is 1. The van der Waals surface area contributed by atoms with Crippen molar-refractivity contribution in [3.63, 3.8) is 0 Å². The standard InChI is InChI=1S/C17H14N3O8S/c1-8(22)26-13-4-3-10(5-14(13)27-9(2)23)15(16(24)25)28-20-11(6-21)12-7-29-17(18)19-12/h3-5,7,15H,1-2H3,(H2,18,19)(H,24,25). The largest absolute Gasteiger partial charge is 0.478 e. The van der Waals surface area contributed by atoms with Crippen LogP contribution in [-0.4, -0.2) is 40.0 Å². The van der Waals surface area contributed by atoms with Gasteiger partial charge in [-0.3, -0.25) is 14.4 Å². The van der Waals surface area contributed by atoms with Crippen molar-refractivity contribution < 1.29 is 38.6 Å². The minimum absolute atomic E-state index is 0.00329. The average Bonchev–Trinajstić information content (AvgIpc) is 3.05.